The highest BCUT2D eigenvalue weighted by atomic mass is 31.2. The van der Waals surface area contributed by atoms with Crippen molar-refractivity contribution in [3.63, 3.8) is 0 Å². The van der Waals surface area contributed by atoms with E-state index >= 15 is 0 Å². The molecule has 2 aromatic rings. The van der Waals surface area contributed by atoms with Crippen LogP contribution in [0.4, 0.5) is 0 Å². The van der Waals surface area contributed by atoms with Gasteiger partial charge in [-0.05, 0) is 31.4 Å². The fourth-order valence-electron chi connectivity index (χ4n) is 2.73. The Morgan fingerprint density at radius 3 is 2.09 bits per heavy atom. The fraction of sp³-hybridized carbons (Fsp3) is 0.316. The Bertz CT molecular complexity index is 684. The third-order valence-electron chi connectivity index (χ3n) is 4.02. The van der Waals surface area contributed by atoms with Crippen molar-refractivity contribution < 1.29 is 9.36 Å². The number of carbonyl (C=O) groups is 1. The molecule has 0 amide bonds. The zero-order valence-electron chi connectivity index (χ0n) is 13.5. The van der Waals surface area contributed by atoms with E-state index in [0.29, 0.717) is 17.0 Å². The summed E-state index contributed by atoms with van der Waals surface area (Å²) in [5, 5.41) is 0.677. The molecule has 22 heavy (non-hydrogen) atoms. The number of benzene rings is 2. The van der Waals surface area contributed by atoms with Crippen LogP contribution in [0.2, 0.25) is 0 Å². The van der Waals surface area contributed by atoms with Gasteiger partial charge in [0.25, 0.3) is 0 Å². The third-order valence-corrected chi connectivity index (χ3v) is 6.98. The minimum Gasteiger partial charge on any atom is -0.310 e. The molecule has 0 saturated heterocycles. The maximum atomic E-state index is 13.6. The summed E-state index contributed by atoms with van der Waals surface area (Å²) in [6, 6.07) is 15.0. The van der Waals surface area contributed by atoms with Gasteiger partial charge in [0, 0.05) is 17.0 Å². The second-order valence-electron chi connectivity index (χ2n) is 5.72. The van der Waals surface area contributed by atoms with Crippen molar-refractivity contribution in [2.45, 2.75) is 33.6 Å². The van der Waals surface area contributed by atoms with Crippen molar-refractivity contribution in [1.82, 2.24) is 0 Å². The van der Waals surface area contributed by atoms with Gasteiger partial charge in [0.1, 0.15) is 0 Å². The highest BCUT2D eigenvalue weighted by Crippen LogP contribution is 2.49. The van der Waals surface area contributed by atoms with Crippen LogP contribution in [0.25, 0.3) is 0 Å². The zero-order chi connectivity index (χ0) is 16.2. The molecule has 2 nitrogen and oxygen atoms in total. The molecule has 0 aliphatic heterocycles. The normalized spacial score (nSPS) is 13.6. The number of rotatable bonds is 6. The van der Waals surface area contributed by atoms with E-state index in [9.17, 15) is 9.36 Å². The largest absolute Gasteiger partial charge is 0.310 e. The molecule has 0 spiro atoms. The van der Waals surface area contributed by atoms with Gasteiger partial charge in [-0.1, -0.05) is 61.9 Å². The van der Waals surface area contributed by atoms with Gasteiger partial charge in [0.05, 0.1) is 0 Å². The van der Waals surface area contributed by atoms with Crippen LogP contribution in [0.5, 0.6) is 0 Å². The molecule has 2 aromatic carbocycles. The van der Waals surface area contributed by atoms with Gasteiger partial charge in [-0.15, -0.1) is 0 Å². The lowest BCUT2D eigenvalue weighted by atomic mass is 10.0. The van der Waals surface area contributed by atoms with Crippen LogP contribution in [0.15, 0.2) is 48.5 Å². The van der Waals surface area contributed by atoms with Crippen molar-refractivity contribution in [2.75, 3.05) is 6.16 Å². The van der Waals surface area contributed by atoms with Gasteiger partial charge in [0.15, 0.2) is 7.14 Å². The van der Waals surface area contributed by atoms with E-state index in [1.807, 2.05) is 62.4 Å². The predicted octanol–water partition coefficient (Wildman–Crippen LogP) is 4.93. The minimum absolute atomic E-state index is 0.192. The molecule has 0 radical (unpaired) electrons. The quantitative estimate of drug-likeness (QED) is 0.708. The standard InChI is InChI=1S/C19H23O2P/c1-4-5-14-22(21,17-12-7-6-8-13-17)19(20)18-15(2)10-9-11-16(18)3/h6-13H,4-5,14H2,1-3H3. The summed E-state index contributed by atoms with van der Waals surface area (Å²) < 4.78 is 13.6. The van der Waals surface area contributed by atoms with Crippen molar-refractivity contribution >= 4 is 18.0 Å². The molecule has 3 heteroatoms. The summed E-state index contributed by atoms with van der Waals surface area (Å²) >= 11 is 0. The third kappa shape index (κ3) is 3.23. The first kappa shape index (κ1) is 16.7. The van der Waals surface area contributed by atoms with Gasteiger partial charge >= 0.3 is 0 Å². The Morgan fingerprint density at radius 1 is 0.955 bits per heavy atom. The number of hydrogen-bond donors (Lipinski definition) is 0. The van der Waals surface area contributed by atoms with Crippen LogP contribution in [0, 0.1) is 13.8 Å². The molecule has 0 saturated carbocycles. The van der Waals surface area contributed by atoms with E-state index in [0.717, 1.165) is 24.0 Å². The van der Waals surface area contributed by atoms with E-state index in [4.69, 9.17) is 0 Å². The molecule has 0 bridgehead atoms. The Kier molecular flexibility index (Phi) is 5.37. The summed E-state index contributed by atoms with van der Waals surface area (Å²) in [4.78, 5) is 13.2. The molecule has 0 N–H and O–H groups in total. The molecule has 116 valence electrons. The monoisotopic (exact) mass is 314 g/mol. The van der Waals surface area contributed by atoms with Gasteiger partial charge in [0.2, 0.25) is 5.52 Å². The summed E-state index contributed by atoms with van der Waals surface area (Å²) in [6.45, 7) is 5.88. The number of aryl methyl sites for hydroxylation is 2. The zero-order valence-corrected chi connectivity index (χ0v) is 14.4. The van der Waals surface area contributed by atoms with Crippen LogP contribution in [0.1, 0.15) is 41.3 Å². The van der Waals surface area contributed by atoms with Crippen molar-refractivity contribution in [2.24, 2.45) is 0 Å². The van der Waals surface area contributed by atoms with E-state index in [1.165, 1.54) is 0 Å². The average Bonchev–Trinajstić information content (AvgIpc) is 2.53. The SMILES string of the molecule is CCCCP(=O)(C(=O)c1c(C)cccc1C)c1ccccc1. The molecule has 2 rings (SSSR count). The van der Waals surface area contributed by atoms with E-state index < -0.39 is 7.14 Å². The maximum Gasteiger partial charge on any atom is 0.226 e. The van der Waals surface area contributed by atoms with Crippen molar-refractivity contribution in [3.8, 4) is 0 Å². The average molecular weight is 314 g/mol. The molecule has 1 atom stereocenters. The van der Waals surface area contributed by atoms with Gasteiger partial charge in [-0.3, -0.25) is 4.79 Å². The highest BCUT2D eigenvalue weighted by molar-refractivity contribution is 7.87. The van der Waals surface area contributed by atoms with Gasteiger partial charge < -0.3 is 4.57 Å². The first-order chi connectivity index (χ1) is 10.5. The van der Waals surface area contributed by atoms with Gasteiger partial charge in [-0.2, -0.15) is 0 Å². The molecular weight excluding hydrogens is 291 g/mol. The lowest BCUT2D eigenvalue weighted by Gasteiger charge is -2.19. The first-order valence-corrected chi connectivity index (χ1v) is 9.65. The van der Waals surface area contributed by atoms with Crippen molar-refractivity contribution in [1.29, 1.82) is 0 Å². The molecule has 0 aliphatic carbocycles. The van der Waals surface area contributed by atoms with E-state index in [1.54, 1.807) is 0 Å². The lowest BCUT2D eigenvalue weighted by Crippen LogP contribution is -2.17. The summed E-state index contributed by atoms with van der Waals surface area (Å²) in [5.41, 5.74) is 2.24. The molecule has 0 aliphatic rings. The molecule has 0 heterocycles. The lowest BCUT2D eigenvalue weighted by molar-refractivity contribution is 0.107. The summed E-state index contributed by atoms with van der Waals surface area (Å²) in [7, 11) is -3.09. The van der Waals surface area contributed by atoms with Crippen LogP contribution < -0.4 is 5.30 Å². The Morgan fingerprint density at radius 2 is 1.55 bits per heavy atom. The second kappa shape index (κ2) is 7.07. The van der Waals surface area contributed by atoms with Crippen LogP contribution in [0.3, 0.4) is 0 Å². The Balaban J connectivity index is 2.55. The summed E-state index contributed by atoms with van der Waals surface area (Å²) in [5.74, 6) is 0. The Labute approximate surface area is 132 Å². The topological polar surface area (TPSA) is 34.1 Å². The highest BCUT2D eigenvalue weighted by Gasteiger charge is 2.35. The van der Waals surface area contributed by atoms with Crippen molar-refractivity contribution in [3.05, 3.63) is 65.2 Å². The maximum absolute atomic E-state index is 13.6. The van der Waals surface area contributed by atoms with Crippen LogP contribution in [-0.2, 0) is 4.57 Å². The molecular formula is C19H23O2P. The first-order valence-electron chi connectivity index (χ1n) is 7.76. The predicted molar refractivity (Wildman–Crippen MR) is 93.7 cm³/mol. The number of hydrogen-bond acceptors (Lipinski definition) is 2. The van der Waals surface area contributed by atoms with E-state index in [-0.39, 0.29) is 5.52 Å². The number of unbranched alkanes of at least 4 members (excludes halogenated alkanes) is 1. The van der Waals surface area contributed by atoms with Crippen LogP contribution >= 0.6 is 7.14 Å². The Hall–Kier alpha value is -1.66. The molecule has 0 aromatic heterocycles. The summed E-state index contributed by atoms with van der Waals surface area (Å²) in [6.07, 6.45) is 2.17. The second-order valence-corrected chi connectivity index (χ2v) is 8.57. The fourth-order valence-corrected chi connectivity index (χ4v) is 5.55. The molecule has 1 unspecified atom stereocenters. The smallest absolute Gasteiger partial charge is 0.226 e. The minimum atomic E-state index is -3.09. The molecule has 0 fully saturated rings. The van der Waals surface area contributed by atoms with Crippen LogP contribution in [-0.4, -0.2) is 11.7 Å². The van der Waals surface area contributed by atoms with Gasteiger partial charge in [-0.25, -0.2) is 0 Å². The number of carbonyl (C=O) groups excluding carboxylic acids is 1. The van der Waals surface area contributed by atoms with E-state index in [2.05, 4.69) is 6.92 Å².